The number of benzene rings is 1. The van der Waals surface area contributed by atoms with E-state index >= 15 is 0 Å². The fourth-order valence-electron chi connectivity index (χ4n) is 1.67. The normalized spacial score (nSPS) is 10.4. The van der Waals surface area contributed by atoms with E-state index < -0.39 is 0 Å². The van der Waals surface area contributed by atoms with Crippen LogP contribution in [0.15, 0.2) is 29.6 Å². The van der Waals surface area contributed by atoms with Crippen LogP contribution in [0.25, 0.3) is 0 Å². The van der Waals surface area contributed by atoms with Gasteiger partial charge in [-0.25, -0.2) is 4.98 Å². The highest BCUT2D eigenvalue weighted by Gasteiger charge is 2.09. The lowest BCUT2D eigenvalue weighted by atomic mass is 10.1. The van der Waals surface area contributed by atoms with Crippen LogP contribution in [-0.2, 0) is 6.42 Å². The van der Waals surface area contributed by atoms with Gasteiger partial charge in [-0.15, -0.1) is 11.3 Å². The second kappa shape index (κ2) is 5.31. The highest BCUT2D eigenvalue weighted by Crippen LogP contribution is 2.16. The maximum Gasteiger partial charge on any atom is 0.169 e. The minimum Gasteiger partial charge on any atom is -0.378 e. The van der Waals surface area contributed by atoms with E-state index in [0.29, 0.717) is 6.42 Å². The zero-order valence-electron chi connectivity index (χ0n) is 10.8. The van der Waals surface area contributed by atoms with Gasteiger partial charge < -0.3 is 4.90 Å². The number of carbonyl (C=O) groups is 1. The summed E-state index contributed by atoms with van der Waals surface area (Å²) in [6.07, 6.45) is 0.389. The van der Waals surface area contributed by atoms with Crippen LogP contribution in [0.3, 0.4) is 0 Å². The Morgan fingerprint density at radius 3 is 2.44 bits per heavy atom. The third kappa shape index (κ3) is 2.96. The highest BCUT2D eigenvalue weighted by atomic mass is 32.1. The number of anilines is 1. The van der Waals surface area contributed by atoms with E-state index in [1.807, 2.05) is 55.6 Å². The van der Waals surface area contributed by atoms with E-state index in [-0.39, 0.29) is 5.78 Å². The summed E-state index contributed by atoms with van der Waals surface area (Å²) < 4.78 is 0. The summed E-state index contributed by atoms with van der Waals surface area (Å²) in [4.78, 5) is 18.4. The molecule has 0 saturated heterocycles. The van der Waals surface area contributed by atoms with E-state index in [2.05, 4.69) is 4.98 Å². The van der Waals surface area contributed by atoms with Crippen molar-refractivity contribution in [3.05, 3.63) is 45.9 Å². The monoisotopic (exact) mass is 260 g/mol. The summed E-state index contributed by atoms with van der Waals surface area (Å²) in [5.41, 5.74) is 2.82. The van der Waals surface area contributed by atoms with Crippen LogP contribution >= 0.6 is 11.3 Å². The first-order chi connectivity index (χ1) is 8.56. The molecular weight excluding hydrogens is 244 g/mol. The van der Waals surface area contributed by atoms with Crippen LogP contribution < -0.4 is 4.90 Å². The second-order valence-corrected chi connectivity index (χ2v) is 5.37. The molecule has 3 nitrogen and oxygen atoms in total. The van der Waals surface area contributed by atoms with E-state index in [4.69, 9.17) is 0 Å². The SMILES string of the molecule is Cc1csc(CC(=O)c2ccc(N(C)C)cc2)n1. The molecule has 1 aromatic carbocycles. The Kier molecular flexibility index (Phi) is 3.77. The number of nitrogens with zero attached hydrogens (tertiary/aromatic N) is 2. The van der Waals surface area contributed by atoms with Crippen LogP contribution in [0.2, 0.25) is 0 Å². The summed E-state index contributed by atoms with van der Waals surface area (Å²) in [7, 11) is 3.96. The van der Waals surface area contributed by atoms with Gasteiger partial charge in [-0.05, 0) is 31.2 Å². The molecule has 4 heteroatoms. The van der Waals surface area contributed by atoms with Gasteiger partial charge in [0, 0.05) is 36.4 Å². The third-order valence-corrected chi connectivity index (χ3v) is 3.65. The maximum atomic E-state index is 12.1. The van der Waals surface area contributed by atoms with Gasteiger partial charge in [0.15, 0.2) is 5.78 Å². The largest absolute Gasteiger partial charge is 0.378 e. The molecule has 0 spiro atoms. The highest BCUT2D eigenvalue weighted by molar-refractivity contribution is 7.09. The first-order valence-electron chi connectivity index (χ1n) is 5.78. The standard InChI is InChI=1S/C14H16N2OS/c1-10-9-18-14(15-10)8-13(17)11-4-6-12(7-5-11)16(2)3/h4-7,9H,8H2,1-3H3. The lowest BCUT2D eigenvalue weighted by molar-refractivity contribution is 0.0993. The predicted molar refractivity (Wildman–Crippen MR) is 75.7 cm³/mol. The Bertz CT molecular complexity index is 543. The van der Waals surface area contributed by atoms with Crippen molar-refractivity contribution >= 4 is 22.8 Å². The molecule has 2 rings (SSSR count). The molecule has 0 N–H and O–H groups in total. The van der Waals surface area contributed by atoms with Gasteiger partial charge in [0.05, 0.1) is 6.42 Å². The Morgan fingerprint density at radius 2 is 1.94 bits per heavy atom. The first-order valence-corrected chi connectivity index (χ1v) is 6.66. The first kappa shape index (κ1) is 12.8. The molecule has 0 fully saturated rings. The lowest BCUT2D eigenvalue weighted by Crippen LogP contribution is -2.09. The number of Topliss-reactive ketones (excluding diaryl/α,β-unsaturated/α-hetero) is 1. The average molecular weight is 260 g/mol. The van der Waals surface area contributed by atoms with Crippen molar-refractivity contribution in [3.8, 4) is 0 Å². The van der Waals surface area contributed by atoms with Crippen molar-refractivity contribution < 1.29 is 4.79 Å². The lowest BCUT2D eigenvalue weighted by Gasteiger charge is -2.12. The number of hydrogen-bond donors (Lipinski definition) is 0. The van der Waals surface area contributed by atoms with Crippen molar-refractivity contribution in [1.29, 1.82) is 0 Å². The van der Waals surface area contributed by atoms with Gasteiger partial charge in [0.2, 0.25) is 0 Å². The number of ketones is 1. The Balaban J connectivity index is 2.09. The second-order valence-electron chi connectivity index (χ2n) is 4.42. The van der Waals surface area contributed by atoms with E-state index in [9.17, 15) is 4.79 Å². The average Bonchev–Trinajstić information content (AvgIpc) is 2.75. The van der Waals surface area contributed by atoms with E-state index in [1.165, 1.54) is 0 Å². The van der Waals surface area contributed by atoms with Crippen molar-refractivity contribution in [2.75, 3.05) is 19.0 Å². The Labute approximate surface area is 111 Å². The van der Waals surface area contributed by atoms with E-state index in [0.717, 1.165) is 22.0 Å². The van der Waals surface area contributed by atoms with Gasteiger partial charge in [-0.3, -0.25) is 4.79 Å². The minimum atomic E-state index is 0.120. The van der Waals surface area contributed by atoms with Crippen LogP contribution in [0.5, 0.6) is 0 Å². The van der Waals surface area contributed by atoms with Gasteiger partial charge in [-0.2, -0.15) is 0 Å². The van der Waals surface area contributed by atoms with Crippen LogP contribution in [-0.4, -0.2) is 24.9 Å². The van der Waals surface area contributed by atoms with Gasteiger partial charge in [-0.1, -0.05) is 0 Å². The molecule has 1 aromatic heterocycles. The molecule has 0 unspecified atom stereocenters. The molecule has 0 radical (unpaired) electrons. The minimum absolute atomic E-state index is 0.120. The van der Waals surface area contributed by atoms with Gasteiger partial charge in [0.1, 0.15) is 5.01 Å². The fraction of sp³-hybridized carbons (Fsp3) is 0.286. The number of carbonyl (C=O) groups excluding carboxylic acids is 1. The third-order valence-electron chi connectivity index (χ3n) is 2.68. The molecule has 0 aliphatic carbocycles. The zero-order chi connectivity index (χ0) is 13.1. The summed E-state index contributed by atoms with van der Waals surface area (Å²) >= 11 is 1.54. The predicted octanol–water partition coefficient (Wildman–Crippen LogP) is 2.94. The zero-order valence-corrected chi connectivity index (χ0v) is 11.6. The molecule has 0 saturated carbocycles. The molecular formula is C14H16N2OS. The molecule has 0 bridgehead atoms. The van der Waals surface area contributed by atoms with Crippen molar-refractivity contribution in [2.24, 2.45) is 0 Å². The molecule has 2 aromatic rings. The fourth-order valence-corrected chi connectivity index (χ4v) is 2.44. The van der Waals surface area contributed by atoms with Gasteiger partial charge in [0.25, 0.3) is 0 Å². The number of rotatable bonds is 4. The van der Waals surface area contributed by atoms with Gasteiger partial charge >= 0.3 is 0 Å². The molecule has 0 amide bonds. The Morgan fingerprint density at radius 1 is 1.28 bits per heavy atom. The Hall–Kier alpha value is -1.68. The number of hydrogen-bond acceptors (Lipinski definition) is 4. The molecule has 18 heavy (non-hydrogen) atoms. The topological polar surface area (TPSA) is 33.2 Å². The van der Waals surface area contributed by atoms with Crippen molar-refractivity contribution in [2.45, 2.75) is 13.3 Å². The number of aromatic nitrogens is 1. The quantitative estimate of drug-likeness (QED) is 0.792. The van der Waals surface area contributed by atoms with E-state index in [1.54, 1.807) is 11.3 Å². The summed E-state index contributed by atoms with van der Waals surface area (Å²) in [5.74, 6) is 0.120. The molecule has 1 heterocycles. The maximum absolute atomic E-state index is 12.1. The molecule has 94 valence electrons. The summed E-state index contributed by atoms with van der Waals surface area (Å²) in [6, 6.07) is 7.66. The van der Waals surface area contributed by atoms with Crippen LogP contribution in [0, 0.1) is 6.92 Å². The van der Waals surface area contributed by atoms with Crippen LogP contribution in [0.1, 0.15) is 21.1 Å². The summed E-state index contributed by atoms with van der Waals surface area (Å²) in [6.45, 7) is 1.94. The van der Waals surface area contributed by atoms with Crippen LogP contribution in [0.4, 0.5) is 5.69 Å². The molecule has 0 aliphatic rings. The van der Waals surface area contributed by atoms with Crippen molar-refractivity contribution in [3.63, 3.8) is 0 Å². The molecule has 0 aliphatic heterocycles. The van der Waals surface area contributed by atoms with Crippen molar-refractivity contribution in [1.82, 2.24) is 4.98 Å². The molecule has 0 atom stereocenters. The smallest absolute Gasteiger partial charge is 0.169 e. The number of aryl methyl sites for hydroxylation is 1. The summed E-state index contributed by atoms with van der Waals surface area (Å²) in [5, 5.41) is 2.85. The number of thiazole rings is 1.